The molecule has 1 saturated heterocycles. The molecular weight excluding hydrogens is 459 g/mol. The van der Waals surface area contributed by atoms with Crippen molar-refractivity contribution in [2.75, 3.05) is 13.1 Å². The van der Waals surface area contributed by atoms with Gasteiger partial charge < -0.3 is 0 Å². The maximum Gasteiger partial charge on any atom is 0.450 e. The van der Waals surface area contributed by atoms with E-state index in [9.17, 15) is 31.2 Å². The van der Waals surface area contributed by atoms with Gasteiger partial charge in [-0.15, -0.1) is 0 Å². The number of halogens is 3. The minimum Gasteiger partial charge on any atom is -0.289 e. The second-order valence-corrected chi connectivity index (χ2v) is 9.39. The predicted octanol–water partition coefficient (Wildman–Crippen LogP) is 3.52. The molecule has 0 spiro atoms. The summed E-state index contributed by atoms with van der Waals surface area (Å²) < 4.78 is 65.3. The lowest BCUT2D eigenvalue weighted by Gasteiger charge is -2.25. The van der Waals surface area contributed by atoms with E-state index in [0.29, 0.717) is 13.1 Å². The largest absolute Gasteiger partial charge is 0.450 e. The third-order valence-corrected chi connectivity index (χ3v) is 6.99. The first-order valence-electron chi connectivity index (χ1n) is 10.2. The predicted molar refractivity (Wildman–Crippen MR) is 115 cm³/mol. The van der Waals surface area contributed by atoms with Gasteiger partial charge in [-0.3, -0.25) is 9.59 Å². The van der Waals surface area contributed by atoms with Crippen molar-refractivity contribution in [3.63, 3.8) is 0 Å². The maximum atomic E-state index is 12.9. The van der Waals surface area contributed by atoms with Crippen molar-refractivity contribution in [1.82, 2.24) is 9.73 Å². The van der Waals surface area contributed by atoms with E-state index in [1.807, 2.05) is 0 Å². The monoisotopic (exact) mass is 481 g/mol. The Bertz CT molecular complexity index is 1140. The first-order chi connectivity index (χ1) is 15.6. The lowest BCUT2D eigenvalue weighted by Crippen LogP contribution is -2.35. The average molecular weight is 481 g/mol. The summed E-state index contributed by atoms with van der Waals surface area (Å²) in [4.78, 5) is 24.0. The Balaban J connectivity index is 1.82. The molecule has 0 bridgehead atoms. The molecule has 33 heavy (non-hydrogen) atoms. The number of piperidine rings is 1. The standard InChI is InChI=1S/C22H22F3N3O4S/c23-22(24,25)20(29)15-19(16-8-3-1-4-9-16)26-27-21(30)17-10-7-11-18(14-17)33(31,32)28-12-5-2-6-13-28/h1,3-4,7-11,14H,2,5-6,12-13,15H2,(H,27,30). The van der Waals surface area contributed by atoms with Crippen molar-refractivity contribution in [2.24, 2.45) is 5.10 Å². The number of nitrogens with zero attached hydrogens (tertiary/aromatic N) is 2. The number of nitrogens with one attached hydrogen (secondary N) is 1. The van der Waals surface area contributed by atoms with E-state index in [4.69, 9.17) is 0 Å². The summed E-state index contributed by atoms with van der Waals surface area (Å²) in [7, 11) is -3.78. The number of hydrogen-bond acceptors (Lipinski definition) is 5. The number of ketones is 1. The van der Waals surface area contributed by atoms with E-state index in [1.165, 1.54) is 40.7 Å². The normalized spacial score (nSPS) is 15.8. The van der Waals surface area contributed by atoms with Crippen LogP contribution in [0.1, 0.15) is 41.6 Å². The molecule has 0 atom stereocenters. The van der Waals surface area contributed by atoms with Gasteiger partial charge in [0, 0.05) is 18.7 Å². The Kier molecular flexibility index (Phi) is 7.65. The first-order valence-corrected chi connectivity index (χ1v) is 11.7. The van der Waals surface area contributed by atoms with Crippen LogP contribution in [0.15, 0.2) is 64.6 Å². The van der Waals surface area contributed by atoms with Crippen LogP contribution in [-0.2, 0) is 14.8 Å². The van der Waals surface area contributed by atoms with E-state index in [2.05, 4.69) is 10.5 Å². The van der Waals surface area contributed by atoms with Crippen LogP contribution in [0.3, 0.4) is 0 Å². The molecule has 2 aromatic rings. The molecule has 1 N–H and O–H groups in total. The summed E-state index contributed by atoms with van der Waals surface area (Å²) in [6.07, 6.45) is -3.64. The highest BCUT2D eigenvalue weighted by Gasteiger charge is 2.38. The molecule has 3 rings (SSSR count). The topological polar surface area (TPSA) is 95.9 Å². The van der Waals surface area contributed by atoms with Crippen molar-refractivity contribution in [3.8, 4) is 0 Å². The fraction of sp³-hybridized carbons (Fsp3) is 0.318. The van der Waals surface area contributed by atoms with Crippen LogP contribution < -0.4 is 5.43 Å². The lowest BCUT2D eigenvalue weighted by molar-refractivity contribution is -0.169. The van der Waals surface area contributed by atoms with Gasteiger partial charge in [0.15, 0.2) is 0 Å². The Labute approximate surface area is 189 Å². The Hall–Kier alpha value is -3.05. The Morgan fingerprint density at radius 2 is 1.58 bits per heavy atom. The van der Waals surface area contributed by atoms with Crippen molar-refractivity contribution in [1.29, 1.82) is 0 Å². The second-order valence-electron chi connectivity index (χ2n) is 7.46. The molecule has 11 heteroatoms. The lowest BCUT2D eigenvalue weighted by atomic mass is 10.1. The fourth-order valence-corrected chi connectivity index (χ4v) is 4.89. The van der Waals surface area contributed by atoms with Crippen molar-refractivity contribution >= 4 is 27.4 Å². The number of Topliss-reactive ketones (excluding diaryl/α,β-unsaturated/α-hetero) is 1. The quantitative estimate of drug-likeness (QED) is 0.484. The summed E-state index contributed by atoms with van der Waals surface area (Å²) >= 11 is 0. The minimum absolute atomic E-state index is 0.0357. The van der Waals surface area contributed by atoms with Gasteiger partial charge >= 0.3 is 6.18 Å². The second kappa shape index (κ2) is 10.3. The molecule has 1 fully saturated rings. The molecule has 176 valence electrons. The molecule has 0 aliphatic carbocycles. The average Bonchev–Trinajstić information content (AvgIpc) is 2.82. The first kappa shape index (κ1) is 24.6. The van der Waals surface area contributed by atoms with Crippen LogP contribution in [-0.4, -0.2) is 49.4 Å². The van der Waals surface area contributed by atoms with E-state index in [0.717, 1.165) is 19.3 Å². The number of hydrazone groups is 1. The molecule has 0 aromatic heterocycles. The van der Waals surface area contributed by atoms with Gasteiger partial charge in [-0.2, -0.15) is 22.6 Å². The summed E-state index contributed by atoms with van der Waals surface area (Å²) in [6.45, 7) is 0.799. The minimum atomic E-state index is -5.04. The van der Waals surface area contributed by atoms with E-state index in [-0.39, 0.29) is 21.7 Å². The molecule has 1 amide bonds. The highest BCUT2D eigenvalue weighted by Crippen LogP contribution is 2.22. The molecule has 0 unspecified atom stereocenters. The van der Waals surface area contributed by atoms with Gasteiger partial charge in [-0.05, 0) is 36.6 Å². The summed E-state index contributed by atoms with van der Waals surface area (Å²) in [5.41, 5.74) is 2.06. The SMILES string of the molecule is O=C(NN=C(CC(=O)C(F)(F)F)c1ccccc1)c1cccc(S(=O)(=O)N2CCCCC2)c1. The van der Waals surface area contributed by atoms with Gasteiger partial charge in [0.05, 0.1) is 17.0 Å². The van der Waals surface area contributed by atoms with Gasteiger partial charge in [-0.1, -0.05) is 42.8 Å². The van der Waals surface area contributed by atoms with E-state index < -0.39 is 34.3 Å². The highest BCUT2D eigenvalue weighted by atomic mass is 32.2. The number of carbonyl (C=O) groups is 2. The molecule has 1 heterocycles. The number of carbonyl (C=O) groups excluding carboxylic acids is 2. The van der Waals surface area contributed by atoms with E-state index >= 15 is 0 Å². The number of alkyl halides is 3. The molecule has 7 nitrogen and oxygen atoms in total. The zero-order valence-electron chi connectivity index (χ0n) is 17.5. The molecular formula is C22H22F3N3O4S. The molecule has 0 radical (unpaired) electrons. The zero-order valence-corrected chi connectivity index (χ0v) is 18.3. The Morgan fingerprint density at radius 1 is 0.939 bits per heavy atom. The zero-order chi connectivity index (χ0) is 24.1. The maximum absolute atomic E-state index is 12.9. The van der Waals surface area contributed by atoms with E-state index in [1.54, 1.807) is 18.2 Å². The number of benzene rings is 2. The summed E-state index contributed by atoms with van der Waals surface area (Å²) in [5.74, 6) is -2.83. The van der Waals surface area contributed by atoms with Crippen LogP contribution in [0.2, 0.25) is 0 Å². The smallest absolute Gasteiger partial charge is 0.289 e. The number of sulfonamides is 1. The molecule has 1 aliphatic heterocycles. The fourth-order valence-electron chi connectivity index (χ4n) is 3.32. The van der Waals surface area contributed by atoms with Crippen LogP contribution in [0, 0.1) is 0 Å². The van der Waals surface area contributed by atoms with Gasteiger partial charge in [0.25, 0.3) is 5.91 Å². The number of amides is 1. The van der Waals surface area contributed by atoms with Gasteiger partial charge in [-0.25, -0.2) is 13.8 Å². The van der Waals surface area contributed by atoms with Crippen LogP contribution in [0.25, 0.3) is 0 Å². The Morgan fingerprint density at radius 3 is 2.21 bits per heavy atom. The summed E-state index contributed by atoms with van der Waals surface area (Å²) in [6, 6.07) is 13.0. The van der Waals surface area contributed by atoms with Crippen molar-refractivity contribution in [3.05, 3.63) is 65.7 Å². The number of hydrogen-bond donors (Lipinski definition) is 1. The van der Waals surface area contributed by atoms with Crippen LogP contribution in [0.5, 0.6) is 0 Å². The van der Waals surface area contributed by atoms with Gasteiger partial charge in [0.1, 0.15) is 0 Å². The third-order valence-electron chi connectivity index (χ3n) is 5.09. The van der Waals surface area contributed by atoms with Crippen LogP contribution in [0.4, 0.5) is 13.2 Å². The number of rotatable bonds is 7. The van der Waals surface area contributed by atoms with Crippen LogP contribution >= 0.6 is 0 Å². The highest BCUT2D eigenvalue weighted by molar-refractivity contribution is 7.89. The van der Waals surface area contributed by atoms with Crippen molar-refractivity contribution < 1.29 is 31.2 Å². The van der Waals surface area contributed by atoms with Crippen molar-refractivity contribution in [2.45, 2.75) is 36.8 Å². The van der Waals surface area contributed by atoms with Gasteiger partial charge in [0.2, 0.25) is 15.8 Å². The molecule has 2 aromatic carbocycles. The molecule has 0 saturated carbocycles. The molecule has 1 aliphatic rings. The third kappa shape index (κ3) is 6.26. The summed E-state index contributed by atoms with van der Waals surface area (Å²) in [5, 5.41) is 3.74.